The van der Waals surface area contributed by atoms with E-state index in [0.717, 1.165) is 28.1 Å². The molecule has 2 amide bonds. The number of amides is 2. The molecule has 0 spiro atoms. The van der Waals surface area contributed by atoms with Crippen LogP contribution in [0.3, 0.4) is 0 Å². The second-order valence-corrected chi connectivity index (χ2v) is 11.6. The number of nitrogens with zero attached hydrogens (tertiary/aromatic N) is 4. The predicted molar refractivity (Wildman–Crippen MR) is 130 cm³/mol. The lowest BCUT2D eigenvalue weighted by Crippen LogP contribution is -2.49. The van der Waals surface area contributed by atoms with Crippen molar-refractivity contribution in [2.45, 2.75) is 30.7 Å². The SMILES string of the molecule is CC(=O)N1CCN(S(=O)(=O)c2cccc(C(=O)N3CCC[C@H]3c3nc4ccccc4s3)c2)CC1. The molecule has 5 rings (SSSR count). The van der Waals surface area contributed by atoms with E-state index in [9.17, 15) is 18.0 Å². The molecule has 1 aromatic heterocycles. The zero-order chi connectivity index (χ0) is 23.9. The van der Waals surface area contributed by atoms with Gasteiger partial charge in [0.1, 0.15) is 5.01 Å². The molecule has 8 nitrogen and oxygen atoms in total. The Kier molecular flexibility index (Phi) is 6.13. The number of aromatic nitrogens is 1. The number of para-hydroxylation sites is 1. The Hall–Kier alpha value is -2.82. The third kappa shape index (κ3) is 4.21. The first-order chi connectivity index (χ1) is 16.3. The molecule has 2 saturated heterocycles. The summed E-state index contributed by atoms with van der Waals surface area (Å²) in [5, 5.41) is 0.916. The van der Waals surface area contributed by atoms with Crippen LogP contribution in [0.1, 0.15) is 41.2 Å². The summed E-state index contributed by atoms with van der Waals surface area (Å²) in [6.45, 7) is 3.32. The number of fused-ring (bicyclic) bond motifs is 1. The summed E-state index contributed by atoms with van der Waals surface area (Å²) in [5.74, 6) is -0.238. The third-order valence-corrected chi connectivity index (χ3v) is 9.54. The molecule has 0 saturated carbocycles. The Morgan fingerprint density at radius 1 is 1.00 bits per heavy atom. The number of piperazine rings is 1. The van der Waals surface area contributed by atoms with Crippen LogP contribution in [0.25, 0.3) is 10.2 Å². The average Bonchev–Trinajstić information content (AvgIpc) is 3.50. The summed E-state index contributed by atoms with van der Waals surface area (Å²) in [6, 6.07) is 14.1. The minimum atomic E-state index is -3.76. The second-order valence-electron chi connectivity index (χ2n) is 8.61. The summed E-state index contributed by atoms with van der Waals surface area (Å²) < 4.78 is 28.9. The summed E-state index contributed by atoms with van der Waals surface area (Å²) in [7, 11) is -3.76. The zero-order valence-corrected chi connectivity index (χ0v) is 20.5. The van der Waals surface area contributed by atoms with E-state index in [4.69, 9.17) is 4.98 Å². The number of carbonyl (C=O) groups excluding carboxylic acids is 2. The highest BCUT2D eigenvalue weighted by atomic mass is 32.2. The molecule has 0 bridgehead atoms. The van der Waals surface area contributed by atoms with E-state index in [-0.39, 0.29) is 35.8 Å². The highest BCUT2D eigenvalue weighted by Gasteiger charge is 2.34. The highest BCUT2D eigenvalue weighted by Crippen LogP contribution is 2.37. The molecule has 2 aliphatic rings. The maximum Gasteiger partial charge on any atom is 0.254 e. The van der Waals surface area contributed by atoms with Crippen molar-refractivity contribution < 1.29 is 18.0 Å². The average molecular weight is 499 g/mol. The van der Waals surface area contributed by atoms with Crippen molar-refractivity contribution in [3.63, 3.8) is 0 Å². The zero-order valence-electron chi connectivity index (χ0n) is 18.9. The molecule has 1 atom stereocenters. The quantitative estimate of drug-likeness (QED) is 0.551. The van der Waals surface area contributed by atoms with Crippen molar-refractivity contribution in [3.8, 4) is 0 Å². The van der Waals surface area contributed by atoms with E-state index in [1.807, 2.05) is 29.2 Å². The molecule has 2 fully saturated rings. The van der Waals surface area contributed by atoms with Gasteiger partial charge in [0.25, 0.3) is 5.91 Å². The monoisotopic (exact) mass is 498 g/mol. The maximum absolute atomic E-state index is 13.5. The Bertz CT molecular complexity index is 1310. The number of thiazole rings is 1. The number of sulfonamides is 1. The number of benzene rings is 2. The van der Waals surface area contributed by atoms with Crippen LogP contribution in [0.2, 0.25) is 0 Å². The van der Waals surface area contributed by atoms with Gasteiger partial charge in [0.2, 0.25) is 15.9 Å². The predicted octanol–water partition coefficient (Wildman–Crippen LogP) is 3.13. The lowest BCUT2D eigenvalue weighted by Gasteiger charge is -2.33. The number of rotatable bonds is 4. The first-order valence-electron chi connectivity index (χ1n) is 11.4. The van der Waals surface area contributed by atoms with Crippen molar-refractivity contribution >= 4 is 43.4 Å². The molecule has 2 aliphatic heterocycles. The maximum atomic E-state index is 13.5. The minimum Gasteiger partial charge on any atom is -0.340 e. The molecule has 0 N–H and O–H groups in total. The van der Waals surface area contributed by atoms with Crippen LogP contribution in [0, 0.1) is 0 Å². The van der Waals surface area contributed by atoms with E-state index in [2.05, 4.69) is 0 Å². The van der Waals surface area contributed by atoms with E-state index < -0.39 is 10.0 Å². The number of likely N-dealkylation sites (tertiary alicyclic amines) is 1. The Balaban J connectivity index is 1.37. The summed E-state index contributed by atoms with van der Waals surface area (Å²) >= 11 is 1.60. The van der Waals surface area contributed by atoms with Crippen LogP contribution in [-0.4, -0.2) is 72.0 Å². The molecule has 3 aromatic rings. The van der Waals surface area contributed by atoms with Crippen LogP contribution < -0.4 is 0 Å². The fraction of sp³-hybridized carbons (Fsp3) is 0.375. The number of hydrogen-bond donors (Lipinski definition) is 0. The minimum absolute atomic E-state index is 0.0575. The van der Waals surface area contributed by atoms with Gasteiger partial charge in [-0.25, -0.2) is 13.4 Å². The van der Waals surface area contributed by atoms with Gasteiger partial charge in [-0.1, -0.05) is 18.2 Å². The fourth-order valence-electron chi connectivity index (χ4n) is 4.65. The van der Waals surface area contributed by atoms with Gasteiger partial charge in [-0.3, -0.25) is 9.59 Å². The largest absolute Gasteiger partial charge is 0.340 e. The van der Waals surface area contributed by atoms with Gasteiger partial charge in [-0.15, -0.1) is 11.3 Å². The van der Waals surface area contributed by atoms with Gasteiger partial charge >= 0.3 is 0 Å². The third-order valence-electron chi connectivity index (χ3n) is 6.51. The van der Waals surface area contributed by atoms with Crippen molar-refractivity contribution in [1.82, 2.24) is 19.1 Å². The van der Waals surface area contributed by atoms with Crippen LogP contribution in [0.4, 0.5) is 0 Å². The summed E-state index contributed by atoms with van der Waals surface area (Å²) in [4.78, 5) is 33.3. The smallest absolute Gasteiger partial charge is 0.254 e. The fourth-order valence-corrected chi connectivity index (χ4v) is 7.23. The van der Waals surface area contributed by atoms with Gasteiger partial charge in [-0.2, -0.15) is 4.31 Å². The molecular formula is C24H26N4O4S2. The number of hydrogen-bond acceptors (Lipinski definition) is 6. The second kappa shape index (κ2) is 9.09. The molecule has 34 heavy (non-hydrogen) atoms. The molecule has 0 radical (unpaired) electrons. The Morgan fingerprint density at radius 2 is 1.76 bits per heavy atom. The standard InChI is InChI=1S/C24H26N4O4S2/c1-17(29)26-12-14-27(15-13-26)34(31,32)19-7-4-6-18(16-19)24(30)28-11-5-9-21(28)23-25-20-8-2-3-10-22(20)33-23/h2-4,6-8,10,16,21H,5,9,11-15H2,1H3/t21-/m0/s1. The highest BCUT2D eigenvalue weighted by molar-refractivity contribution is 7.89. The summed E-state index contributed by atoms with van der Waals surface area (Å²) in [5.41, 5.74) is 1.29. The molecule has 2 aromatic carbocycles. The molecular weight excluding hydrogens is 472 g/mol. The Labute approximate surface area is 202 Å². The van der Waals surface area contributed by atoms with Gasteiger partial charge in [0.05, 0.1) is 21.2 Å². The van der Waals surface area contributed by atoms with Gasteiger partial charge in [-0.05, 0) is 43.2 Å². The molecule has 10 heteroatoms. The van der Waals surface area contributed by atoms with Crippen LogP contribution in [0.15, 0.2) is 53.4 Å². The van der Waals surface area contributed by atoms with Crippen molar-refractivity contribution in [2.75, 3.05) is 32.7 Å². The molecule has 3 heterocycles. The van der Waals surface area contributed by atoms with Gasteiger partial charge in [0.15, 0.2) is 0 Å². The lowest BCUT2D eigenvalue weighted by atomic mass is 10.1. The van der Waals surface area contributed by atoms with Gasteiger partial charge < -0.3 is 9.80 Å². The van der Waals surface area contributed by atoms with Crippen molar-refractivity contribution in [3.05, 3.63) is 59.1 Å². The van der Waals surface area contributed by atoms with Crippen LogP contribution >= 0.6 is 11.3 Å². The van der Waals surface area contributed by atoms with Crippen LogP contribution in [0.5, 0.6) is 0 Å². The summed E-state index contributed by atoms with van der Waals surface area (Å²) in [6.07, 6.45) is 1.72. The lowest BCUT2D eigenvalue weighted by molar-refractivity contribution is -0.129. The molecule has 178 valence electrons. The Morgan fingerprint density at radius 3 is 2.50 bits per heavy atom. The van der Waals surface area contributed by atoms with E-state index in [1.165, 1.54) is 23.4 Å². The van der Waals surface area contributed by atoms with E-state index in [0.29, 0.717) is 25.2 Å². The first kappa shape index (κ1) is 22.9. The van der Waals surface area contributed by atoms with Crippen LogP contribution in [-0.2, 0) is 14.8 Å². The molecule has 0 aliphatic carbocycles. The molecule has 0 unspecified atom stereocenters. The topological polar surface area (TPSA) is 90.9 Å². The van der Waals surface area contributed by atoms with Crippen molar-refractivity contribution in [2.24, 2.45) is 0 Å². The van der Waals surface area contributed by atoms with E-state index >= 15 is 0 Å². The van der Waals surface area contributed by atoms with Gasteiger partial charge in [0, 0.05) is 45.2 Å². The van der Waals surface area contributed by atoms with Crippen molar-refractivity contribution in [1.29, 1.82) is 0 Å². The first-order valence-corrected chi connectivity index (χ1v) is 13.6. The number of carbonyl (C=O) groups is 2. The van der Waals surface area contributed by atoms with E-state index in [1.54, 1.807) is 28.4 Å². The normalized spacial score (nSPS) is 19.6.